The first-order chi connectivity index (χ1) is 13.3. The summed E-state index contributed by atoms with van der Waals surface area (Å²) < 4.78 is 16.9. The van der Waals surface area contributed by atoms with E-state index in [1.54, 1.807) is 0 Å². The first-order valence-electron chi connectivity index (χ1n) is 10.9. The molecule has 2 unspecified atom stereocenters. The van der Waals surface area contributed by atoms with Gasteiger partial charge in [0.05, 0.1) is 12.7 Å². The van der Waals surface area contributed by atoms with Gasteiger partial charge in [-0.25, -0.2) is 0 Å². The maximum atomic E-state index is 11.3. The predicted molar refractivity (Wildman–Crippen MR) is 117 cm³/mol. The van der Waals surface area contributed by atoms with Gasteiger partial charge in [-0.1, -0.05) is 32.4 Å². The first kappa shape index (κ1) is 23.8. The van der Waals surface area contributed by atoms with Crippen LogP contribution in [0.1, 0.15) is 72.6 Å². The lowest BCUT2D eigenvalue weighted by Gasteiger charge is -2.35. The zero-order chi connectivity index (χ0) is 20.6. The van der Waals surface area contributed by atoms with Gasteiger partial charge in [-0.05, 0) is 62.5 Å². The first-order valence-corrected chi connectivity index (χ1v) is 11.9. The Morgan fingerprint density at radius 1 is 1.29 bits per heavy atom. The Balaban J connectivity index is 1.63. The number of ether oxygens (including phenoxy) is 3. The van der Waals surface area contributed by atoms with Gasteiger partial charge in [-0.3, -0.25) is 4.79 Å². The standard InChI is InChI=1S/C23H40O4S/c1-17(23(2,3)4)14-18-10-11-21(20(15-18)25-5)28-13-7-12-26-16-19-8-6-9-22(24)27-19/h14,18-21H,6-13,15-16H2,1-5H3/b17-14+/t18?,19?,20-,21+/m1/s1. The van der Waals surface area contributed by atoms with Gasteiger partial charge in [0.15, 0.2) is 0 Å². The van der Waals surface area contributed by atoms with Gasteiger partial charge in [0.25, 0.3) is 0 Å². The topological polar surface area (TPSA) is 44.8 Å². The van der Waals surface area contributed by atoms with Gasteiger partial charge in [0.2, 0.25) is 0 Å². The third kappa shape index (κ3) is 8.08. The van der Waals surface area contributed by atoms with E-state index >= 15 is 0 Å². The average molecular weight is 413 g/mol. The van der Waals surface area contributed by atoms with Crippen molar-refractivity contribution in [3.8, 4) is 0 Å². The van der Waals surface area contributed by atoms with Crippen LogP contribution in [-0.2, 0) is 19.0 Å². The number of allylic oxidation sites excluding steroid dienone is 2. The van der Waals surface area contributed by atoms with Gasteiger partial charge < -0.3 is 14.2 Å². The highest BCUT2D eigenvalue weighted by Crippen LogP contribution is 2.37. The summed E-state index contributed by atoms with van der Waals surface area (Å²) in [7, 11) is 1.86. The monoisotopic (exact) mass is 412 g/mol. The maximum Gasteiger partial charge on any atom is 0.306 e. The molecule has 0 N–H and O–H groups in total. The lowest BCUT2D eigenvalue weighted by atomic mass is 9.80. The van der Waals surface area contributed by atoms with Crippen LogP contribution in [0.2, 0.25) is 0 Å². The normalized spacial score (nSPS) is 29.6. The van der Waals surface area contributed by atoms with Crippen molar-refractivity contribution < 1.29 is 19.0 Å². The summed E-state index contributed by atoms with van der Waals surface area (Å²) >= 11 is 2.03. The highest BCUT2D eigenvalue weighted by atomic mass is 32.2. The number of cyclic esters (lactones) is 1. The molecular weight excluding hydrogens is 372 g/mol. The Morgan fingerprint density at radius 2 is 2.07 bits per heavy atom. The summed E-state index contributed by atoms with van der Waals surface area (Å²) in [5.41, 5.74) is 1.74. The van der Waals surface area contributed by atoms with E-state index in [0.717, 1.165) is 38.0 Å². The zero-order valence-electron chi connectivity index (χ0n) is 18.5. The molecule has 2 fully saturated rings. The summed E-state index contributed by atoms with van der Waals surface area (Å²) in [6, 6.07) is 0. The fourth-order valence-electron chi connectivity index (χ4n) is 3.83. The number of rotatable bonds is 9. The molecule has 5 heteroatoms. The molecule has 0 amide bonds. The smallest absolute Gasteiger partial charge is 0.306 e. The molecule has 1 aliphatic heterocycles. The molecule has 162 valence electrons. The summed E-state index contributed by atoms with van der Waals surface area (Å²) in [5, 5.41) is 0.587. The number of carbonyl (C=O) groups is 1. The van der Waals surface area contributed by atoms with E-state index in [-0.39, 0.29) is 17.5 Å². The highest BCUT2D eigenvalue weighted by Gasteiger charge is 2.30. The third-order valence-corrected chi connectivity index (χ3v) is 7.51. The molecule has 0 aromatic heterocycles. The maximum absolute atomic E-state index is 11.3. The van der Waals surface area contributed by atoms with Crippen molar-refractivity contribution in [2.24, 2.45) is 11.3 Å². The molecule has 4 nitrogen and oxygen atoms in total. The van der Waals surface area contributed by atoms with Crippen LogP contribution in [0.15, 0.2) is 11.6 Å². The Bertz CT molecular complexity index is 511. The summed E-state index contributed by atoms with van der Waals surface area (Å²) in [6.45, 7) is 10.4. The van der Waals surface area contributed by atoms with Crippen LogP contribution in [0, 0.1) is 11.3 Å². The molecular formula is C23H40O4S. The SMILES string of the molecule is CO[C@@H]1CC(/C=C(\C)C(C)(C)C)CC[C@@H]1SCCCOCC1CCCC(=O)O1. The van der Waals surface area contributed by atoms with Gasteiger partial charge in [-0.15, -0.1) is 0 Å². The van der Waals surface area contributed by atoms with E-state index in [0.29, 0.717) is 30.3 Å². The van der Waals surface area contributed by atoms with Crippen molar-refractivity contribution in [3.05, 3.63) is 11.6 Å². The largest absolute Gasteiger partial charge is 0.460 e. The molecule has 28 heavy (non-hydrogen) atoms. The van der Waals surface area contributed by atoms with Crippen LogP contribution in [0.4, 0.5) is 0 Å². The van der Waals surface area contributed by atoms with Crippen molar-refractivity contribution >= 4 is 17.7 Å². The number of methoxy groups -OCH3 is 1. The van der Waals surface area contributed by atoms with Crippen molar-refractivity contribution in [3.63, 3.8) is 0 Å². The van der Waals surface area contributed by atoms with Crippen LogP contribution in [0.3, 0.4) is 0 Å². The molecule has 2 aliphatic rings. The summed E-state index contributed by atoms with van der Waals surface area (Å²) in [5.74, 6) is 1.66. The van der Waals surface area contributed by atoms with Gasteiger partial charge >= 0.3 is 5.97 Å². The summed E-state index contributed by atoms with van der Waals surface area (Å²) in [6.07, 6.45) is 9.85. The number of thioether (sulfide) groups is 1. The van der Waals surface area contributed by atoms with Crippen LogP contribution < -0.4 is 0 Å². The molecule has 1 saturated heterocycles. The van der Waals surface area contributed by atoms with E-state index in [2.05, 4.69) is 33.8 Å². The number of esters is 1. The van der Waals surface area contributed by atoms with E-state index in [4.69, 9.17) is 14.2 Å². The van der Waals surface area contributed by atoms with Gasteiger partial charge in [-0.2, -0.15) is 11.8 Å². The Labute approximate surface area is 176 Å². The van der Waals surface area contributed by atoms with Crippen LogP contribution in [0.25, 0.3) is 0 Å². The number of carbonyl (C=O) groups excluding carboxylic acids is 1. The second kappa shape index (κ2) is 11.6. The molecule has 0 aromatic rings. The molecule has 2 rings (SSSR count). The van der Waals surface area contributed by atoms with Gasteiger partial charge in [0.1, 0.15) is 6.10 Å². The van der Waals surface area contributed by atoms with E-state index in [1.807, 2.05) is 18.9 Å². The lowest BCUT2D eigenvalue weighted by Crippen LogP contribution is -2.33. The molecule has 4 atom stereocenters. The molecule has 1 heterocycles. The zero-order valence-corrected chi connectivity index (χ0v) is 19.3. The number of hydrogen-bond donors (Lipinski definition) is 0. The van der Waals surface area contributed by atoms with Crippen molar-refractivity contribution in [2.75, 3.05) is 26.1 Å². The molecule has 0 radical (unpaired) electrons. The third-order valence-electron chi connectivity index (χ3n) is 6.02. The number of hydrogen-bond acceptors (Lipinski definition) is 5. The van der Waals surface area contributed by atoms with Crippen molar-refractivity contribution in [1.29, 1.82) is 0 Å². The minimum absolute atomic E-state index is 0.0355. The van der Waals surface area contributed by atoms with E-state index in [1.165, 1.54) is 18.4 Å². The molecule has 0 spiro atoms. The van der Waals surface area contributed by atoms with E-state index in [9.17, 15) is 4.79 Å². The van der Waals surface area contributed by atoms with E-state index < -0.39 is 0 Å². The fourth-order valence-corrected chi connectivity index (χ4v) is 5.16. The highest BCUT2D eigenvalue weighted by molar-refractivity contribution is 7.99. The second-order valence-corrected chi connectivity index (χ2v) is 10.6. The minimum Gasteiger partial charge on any atom is -0.460 e. The van der Waals surface area contributed by atoms with Gasteiger partial charge in [0, 0.05) is 25.4 Å². The lowest BCUT2D eigenvalue weighted by molar-refractivity contribution is -0.157. The fraction of sp³-hybridized carbons (Fsp3) is 0.870. The van der Waals surface area contributed by atoms with Crippen molar-refractivity contribution in [1.82, 2.24) is 0 Å². The molecule has 0 bridgehead atoms. The molecule has 1 aliphatic carbocycles. The van der Waals surface area contributed by atoms with Crippen LogP contribution >= 0.6 is 11.8 Å². The van der Waals surface area contributed by atoms with Crippen LogP contribution in [-0.4, -0.2) is 49.5 Å². The Hall–Kier alpha value is -0.520. The predicted octanol–water partition coefficient (Wildman–Crippen LogP) is 5.40. The molecule has 0 aromatic carbocycles. The minimum atomic E-state index is -0.0795. The van der Waals surface area contributed by atoms with Crippen molar-refractivity contribution in [2.45, 2.75) is 90.1 Å². The molecule has 1 saturated carbocycles. The average Bonchev–Trinajstić information content (AvgIpc) is 2.64. The quantitative estimate of drug-likeness (QED) is 0.288. The van der Waals surface area contributed by atoms with Crippen LogP contribution in [0.5, 0.6) is 0 Å². The Kier molecular flexibility index (Phi) is 9.85. The summed E-state index contributed by atoms with van der Waals surface area (Å²) in [4.78, 5) is 11.3. The second-order valence-electron chi connectivity index (χ2n) is 9.29. The Morgan fingerprint density at radius 3 is 2.75 bits per heavy atom.